The molecule has 0 heterocycles. The fourth-order valence-electron chi connectivity index (χ4n) is 1.79. The van der Waals surface area contributed by atoms with E-state index in [9.17, 15) is 8.42 Å². The first-order chi connectivity index (χ1) is 9.50. The third-order valence-electron chi connectivity index (χ3n) is 3.27. The van der Waals surface area contributed by atoms with Gasteiger partial charge in [0.2, 0.25) is 0 Å². The Hall–Kier alpha value is -0.780. The zero-order valence-electron chi connectivity index (χ0n) is 11.6. The van der Waals surface area contributed by atoms with Crippen LogP contribution in [0.25, 0.3) is 0 Å². The summed E-state index contributed by atoms with van der Waals surface area (Å²) in [5, 5.41) is 4.06. The molecule has 1 saturated carbocycles. The monoisotopic (exact) mass is 317 g/mol. The lowest BCUT2D eigenvalue weighted by molar-refractivity contribution is 0.336. The van der Waals surface area contributed by atoms with Gasteiger partial charge in [-0.05, 0) is 31.0 Å². The van der Waals surface area contributed by atoms with Crippen LogP contribution < -0.4 is 10.1 Å². The van der Waals surface area contributed by atoms with Gasteiger partial charge in [0.05, 0.1) is 5.75 Å². The summed E-state index contributed by atoms with van der Waals surface area (Å²) in [4.78, 5) is 0. The van der Waals surface area contributed by atoms with Crippen molar-refractivity contribution in [2.24, 2.45) is 0 Å². The van der Waals surface area contributed by atoms with Crippen molar-refractivity contribution in [2.45, 2.75) is 32.4 Å². The lowest BCUT2D eigenvalue weighted by Gasteiger charge is -2.12. The second kappa shape index (κ2) is 6.78. The normalized spacial score (nSPS) is 15.3. The van der Waals surface area contributed by atoms with Gasteiger partial charge in [-0.3, -0.25) is 0 Å². The molecule has 0 atom stereocenters. The van der Waals surface area contributed by atoms with Crippen LogP contribution in [0.4, 0.5) is 0 Å². The highest BCUT2D eigenvalue weighted by atomic mass is 35.5. The molecular weight excluding hydrogens is 298 g/mol. The lowest BCUT2D eigenvalue weighted by atomic mass is 10.2. The minimum Gasteiger partial charge on any atom is -0.492 e. The molecule has 1 aliphatic carbocycles. The Balaban J connectivity index is 1.94. The van der Waals surface area contributed by atoms with E-state index in [1.54, 1.807) is 19.1 Å². The molecule has 2 rings (SSSR count). The third-order valence-corrected chi connectivity index (χ3v) is 5.18. The highest BCUT2D eigenvalue weighted by Gasteiger charge is 2.20. The van der Waals surface area contributed by atoms with E-state index in [-0.39, 0.29) is 18.1 Å². The molecule has 1 N–H and O–H groups in total. The van der Waals surface area contributed by atoms with Crippen molar-refractivity contribution in [3.8, 4) is 5.75 Å². The van der Waals surface area contributed by atoms with Crippen molar-refractivity contribution in [2.75, 3.05) is 18.1 Å². The second-order valence-corrected chi connectivity index (χ2v) is 7.90. The largest absolute Gasteiger partial charge is 0.492 e. The smallest absolute Gasteiger partial charge is 0.153 e. The first-order valence-electron chi connectivity index (χ1n) is 6.85. The van der Waals surface area contributed by atoms with Gasteiger partial charge >= 0.3 is 0 Å². The number of hydrogen-bond donors (Lipinski definition) is 1. The predicted molar refractivity (Wildman–Crippen MR) is 81.1 cm³/mol. The Labute approximate surface area is 125 Å². The zero-order chi connectivity index (χ0) is 14.6. The molecular formula is C14H20ClNO3S. The van der Waals surface area contributed by atoms with Crippen LogP contribution >= 0.6 is 11.6 Å². The van der Waals surface area contributed by atoms with Gasteiger partial charge in [0.15, 0.2) is 9.84 Å². The summed E-state index contributed by atoms with van der Waals surface area (Å²) in [5.41, 5.74) is 0.971. The van der Waals surface area contributed by atoms with Gasteiger partial charge in [0, 0.05) is 28.9 Å². The summed E-state index contributed by atoms with van der Waals surface area (Å²) < 4.78 is 28.5. The van der Waals surface area contributed by atoms with E-state index < -0.39 is 9.84 Å². The highest BCUT2D eigenvalue weighted by Crippen LogP contribution is 2.25. The topological polar surface area (TPSA) is 55.4 Å². The van der Waals surface area contributed by atoms with Gasteiger partial charge in [-0.25, -0.2) is 8.42 Å². The Morgan fingerprint density at radius 1 is 1.40 bits per heavy atom. The van der Waals surface area contributed by atoms with E-state index in [4.69, 9.17) is 16.3 Å². The van der Waals surface area contributed by atoms with Gasteiger partial charge in [0.1, 0.15) is 12.4 Å². The molecule has 4 nitrogen and oxygen atoms in total. The van der Waals surface area contributed by atoms with Crippen LogP contribution in [0.5, 0.6) is 5.75 Å². The summed E-state index contributed by atoms with van der Waals surface area (Å²) in [6.45, 7) is 2.51. The maximum absolute atomic E-state index is 11.4. The van der Waals surface area contributed by atoms with Crippen LogP contribution in [-0.4, -0.2) is 32.6 Å². The Bertz CT molecular complexity index is 556. The first-order valence-corrected chi connectivity index (χ1v) is 9.05. The van der Waals surface area contributed by atoms with Gasteiger partial charge in [-0.15, -0.1) is 0 Å². The van der Waals surface area contributed by atoms with Gasteiger partial charge in [-0.2, -0.15) is 0 Å². The maximum atomic E-state index is 11.4. The Morgan fingerprint density at radius 2 is 2.15 bits per heavy atom. The van der Waals surface area contributed by atoms with Crippen LogP contribution in [0.3, 0.4) is 0 Å². The van der Waals surface area contributed by atoms with E-state index in [0.717, 1.165) is 5.56 Å². The van der Waals surface area contributed by atoms with Crippen molar-refractivity contribution in [1.82, 2.24) is 5.32 Å². The molecule has 0 aromatic heterocycles. The van der Waals surface area contributed by atoms with Crippen LogP contribution in [0.15, 0.2) is 18.2 Å². The standard InChI is InChI=1S/C14H20ClNO3S/c1-2-20(17,18)8-7-19-14-6-3-12(15)9-11(14)10-16-13-4-5-13/h3,6,9,13,16H,2,4-5,7-8,10H2,1H3. The number of sulfone groups is 1. The van der Waals surface area contributed by atoms with E-state index in [1.807, 2.05) is 6.07 Å². The first kappa shape index (κ1) is 15.6. The second-order valence-electron chi connectivity index (χ2n) is 4.99. The summed E-state index contributed by atoms with van der Waals surface area (Å²) in [6.07, 6.45) is 2.43. The van der Waals surface area contributed by atoms with Crippen molar-refractivity contribution < 1.29 is 13.2 Å². The number of ether oxygens (including phenoxy) is 1. The predicted octanol–water partition coefficient (Wildman–Crippen LogP) is 2.41. The minimum absolute atomic E-state index is 0.0433. The number of nitrogens with one attached hydrogen (secondary N) is 1. The molecule has 0 radical (unpaired) electrons. The lowest BCUT2D eigenvalue weighted by Crippen LogP contribution is -2.18. The molecule has 1 aromatic rings. The molecule has 1 aromatic carbocycles. The molecule has 1 aliphatic rings. The molecule has 0 unspecified atom stereocenters. The van der Waals surface area contributed by atoms with Gasteiger partial charge in [0.25, 0.3) is 0 Å². The summed E-state index contributed by atoms with van der Waals surface area (Å²) in [7, 11) is -2.99. The average Bonchev–Trinajstić information content (AvgIpc) is 3.22. The summed E-state index contributed by atoms with van der Waals surface area (Å²) >= 11 is 6.00. The Morgan fingerprint density at radius 3 is 2.80 bits per heavy atom. The molecule has 0 bridgehead atoms. The molecule has 0 spiro atoms. The summed E-state index contributed by atoms with van der Waals surface area (Å²) in [5.74, 6) is 0.892. The van der Waals surface area contributed by atoms with E-state index >= 15 is 0 Å². The van der Waals surface area contributed by atoms with Gasteiger partial charge < -0.3 is 10.1 Å². The molecule has 112 valence electrons. The van der Waals surface area contributed by atoms with Crippen LogP contribution in [0.1, 0.15) is 25.3 Å². The third kappa shape index (κ3) is 4.96. The SMILES string of the molecule is CCS(=O)(=O)CCOc1ccc(Cl)cc1CNC1CC1. The molecule has 20 heavy (non-hydrogen) atoms. The van der Waals surface area contributed by atoms with E-state index in [1.165, 1.54) is 12.8 Å². The number of rotatable bonds is 8. The fraction of sp³-hybridized carbons (Fsp3) is 0.571. The molecule has 0 amide bonds. The molecule has 0 aliphatic heterocycles. The van der Waals surface area contributed by atoms with Crippen LogP contribution in [0, 0.1) is 0 Å². The quantitative estimate of drug-likeness (QED) is 0.800. The molecule has 1 fully saturated rings. The zero-order valence-corrected chi connectivity index (χ0v) is 13.1. The van der Waals surface area contributed by atoms with Crippen molar-refractivity contribution in [1.29, 1.82) is 0 Å². The van der Waals surface area contributed by atoms with Crippen molar-refractivity contribution in [3.63, 3.8) is 0 Å². The summed E-state index contributed by atoms with van der Waals surface area (Å²) in [6, 6.07) is 6.01. The van der Waals surface area contributed by atoms with E-state index in [0.29, 0.717) is 23.4 Å². The maximum Gasteiger partial charge on any atom is 0.153 e. The minimum atomic E-state index is -2.99. The molecule has 6 heteroatoms. The van der Waals surface area contributed by atoms with Crippen molar-refractivity contribution in [3.05, 3.63) is 28.8 Å². The van der Waals surface area contributed by atoms with E-state index in [2.05, 4.69) is 5.32 Å². The van der Waals surface area contributed by atoms with Crippen molar-refractivity contribution >= 4 is 21.4 Å². The number of benzene rings is 1. The van der Waals surface area contributed by atoms with Crippen LogP contribution in [-0.2, 0) is 16.4 Å². The van der Waals surface area contributed by atoms with Gasteiger partial charge in [-0.1, -0.05) is 18.5 Å². The Kier molecular flexibility index (Phi) is 5.29. The fourth-order valence-corrected chi connectivity index (χ4v) is 2.61. The average molecular weight is 318 g/mol. The molecule has 0 saturated heterocycles. The number of hydrogen-bond acceptors (Lipinski definition) is 4. The highest BCUT2D eigenvalue weighted by molar-refractivity contribution is 7.91. The van der Waals surface area contributed by atoms with Crippen LogP contribution in [0.2, 0.25) is 5.02 Å². The number of halogens is 1.